The van der Waals surface area contributed by atoms with Crippen LogP contribution in [0.4, 0.5) is 17.1 Å². The molecule has 0 heterocycles. The average Bonchev–Trinajstić information content (AvgIpc) is 3.24. The maximum absolute atomic E-state index is 4.37. The van der Waals surface area contributed by atoms with Crippen LogP contribution in [0.15, 0.2) is 176 Å². The van der Waals surface area contributed by atoms with Crippen molar-refractivity contribution in [3.8, 4) is 33.4 Å². The Hall–Kier alpha value is -5.92. The predicted octanol–water partition coefficient (Wildman–Crippen LogP) is 15.0. The number of anilines is 3. The van der Waals surface area contributed by atoms with E-state index in [1.165, 1.54) is 85.7 Å². The van der Waals surface area contributed by atoms with E-state index in [0.29, 0.717) is 0 Å². The Morgan fingerprint density at radius 2 is 1.17 bits per heavy atom. The van der Waals surface area contributed by atoms with Gasteiger partial charge in [-0.25, -0.2) is 0 Å². The van der Waals surface area contributed by atoms with Gasteiger partial charge >= 0.3 is 0 Å². The molecule has 0 bridgehead atoms. The summed E-state index contributed by atoms with van der Waals surface area (Å²) in [6.45, 7) is 6.71. The first-order valence-corrected chi connectivity index (χ1v) is 19.7. The Bertz CT molecular complexity index is 2470. The van der Waals surface area contributed by atoms with Crippen LogP contribution in [0.2, 0.25) is 0 Å². The molecule has 9 rings (SSSR count). The Kier molecular flexibility index (Phi) is 9.09. The number of rotatable bonds is 8. The average molecular weight is 698 g/mol. The van der Waals surface area contributed by atoms with E-state index < -0.39 is 0 Å². The first-order valence-electron chi connectivity index (χ1n) is 19.7. The minimum atomic E-state index is 0.230. The summed E-state index contributed by atoms with van der Waals surface area (Å²) in [5.74, 6) is 0. The molecule has 0 amide bonds. The Labute approximate surface area is 321 Å². The van der Waals surface area contributed by atoms with Crippen molar-refractivity contribution in [1.82, 2.24) is 0 Å². The molecule has 7 aromatic rings. The zero-order valence-corrected chi connectivity index (χ0v) is 31.3. The number of fused-ring (bicyclic) bond motifs is 2. The normalized spacial score (nSPS) is 16.6. The zero-order valence-electron chi connectivity index (χ0n) is 31.3. The largest absolute Gasteiger partial charge is 0.311 e. The molecule has 0 saturated heterocycles. The molecule has 264 valence electrons. The van der Waals surface area contributed by atoms with Gasteiger partial charge in [-0.1, -0.05) is 146 Å². The van der Waals surface area contributed by atoms with Gasteiger partial charge in [-0.15, -0.1) is 0 Å². The van der Waals surface area contributed by atoms with Crippen molar-refractivity contribution < 1.29 is 0 Å². The standard InChI is InChI=1S/C53H47N/c1-3-53(35-9-10-38(2)37-53)47-27-19-40(20-28-47)41-21-29-48(30-22-41)54(49-31-23-42(24-32-49)46-18-17-39-11-4-5-13-45(39)36-46)50-33-25-44(26-34-50)52-16-8-14-43-12-6-7-15-51(43)52/h4-5,7-8,11,13-34,36H,2-3,6,9-10,12,35,37H2,1H3. The van der Waals surface area contributed by atoms with Crippen LogP contribution in [0.25, 0.3) is 50.2 Å². The van der Waals surface area contributed by atoms with E-state index in [9.17, 15) is 0 Å². The number of benzene rings is 7. The summed E-state index contributed by atoms with van der Waals surface area (Å²) in [6, 6.07) is 58.6. The lowest BCUT2D eigenvalue weighted by Crippen LogP contribution is -2.28. The van der Waals surface area contributed by atoms with Gasteiger partial charge in [0.1, 0.15) is 0 Å². The zero-order chi connectivity index (χ0) is 36.5. The summed E-state index contributed by atoms with van der Waals surface area (Å²) < 4.78 is 0. The summed E-state index contributed by atoms with van der Waals surface area (Å²) in [5.41, 5.74) is 16.7. The first-order chi connectivity index (χ1) is 26.6. The number of allylic oxidation sites excluding steroid dienone is 2. The molecule has 1 saturated carbocycles. The fourth-order valence-corrected chi connectivity index (χ4v) is 9.03. The fourth-order valence-electron chi connectivity index (χ4n) is 9.03. The number of hydrogen-bond donors (Lipinski definition) is 0. The van der Waals surface area contributed by atoms with Crippen LogP contribution in [0.1, 0.15) is 62.1 Å². The van der Waals surface area contributed by atoms with Gasteiger partial charge < -0.3 is 4.90 Å². The van der Waals surface area contributed by atoms with Crippen molar-refractivity contribution in [2.45, 2.75) is 57.3 Å². The molecule has 1 nitrogen and oxygen atoms in total. The van der Waals surface area contributed by atoms with Crippen LogP contribution >= 0.6 is 0 Å². The van der Waals surface area contributed by atoms with Crippen molar-refractivity contribution in [2.24, 2.45) is 0 Å². The minimum Gasteiger partial charge on any atom is -0.311 e. The molecular weight excluding hydrogens is 651 g/mol. The molecule has 54 heavy (non-hydrogen) atoms. The molecule has 2 aliphatic rings. The highest BCUT2D eigenvalue weighted by atomic mass is 15.1. The van der Waals surface area contributed by atoms with Gasteiger partial charge in [0.25, 0.3) is 0 Å². The van der Waals surface area contributed by atoms with E-state index in [0.717, 1.165) is 42.7 Å². The summed E-state index contributed by atoms with van der Waals surface area (Å²) in [6.07, 6.45) is 12.8. The van der Waals surface area contributed by atoms with E-state index in [1.807, 2.05) is 0 Å². The molecule has 0 spiro atoms. The van der Waals surface area contributed by atoms with Crippen LogP contribution in [0.5, 0.6) is 0 Å². The monoisotopic (exact) mass is 697 g/mol. The second-order valence-corrected chi connectivity index (χ2v) is 15.3. The number of nitrogens with zero attached hydrogens (tertiary/aromatic N) is 1. The molecule has 0 N–H and O–H groups in total. The molecule has 0 aromatic heterocycles. The van der Waals surface area contributed by atoms with Gasteiger partial charge in [0.2, 0.25) is 0 Å². The second-order valence-electron chi connectivity index (χ2n) is 15.3. The lowest BCUT2D eigenvalue weighted by atomic mass is 9.66. The summed E-state index contributed by atoms with van der Waals surface area (Å²) >= 11 is 0. The van der Waals surface area contributed by atoms with Gasteiger partial charge in [-0.05, 0) is 154 Å². The third-order valence-electron chi connectivity index (χ3n) is 12.1. The quantitative estimate of drug-likeness (QED) is 0.143. The lowest BCUT2D eigenvalue weighted by Gasteiger charge is -2.38. The van der Waals surface area contributed by atoms with E-state index >= 15 is 0 Å². The van der Waals surface area contributed by atoms with Crippen LogP contribution in [-0.4, -0.2) is 0 Å². The molecular formula is C53H47N. The fraction of sp³-hybridized carbons (Fsp3) is 0.170. The molecule has 0 aliphatic heterocycles. The van der Waals surface area contributed by atoms with Gasteiger partial charge in [-0.3, -0.25) is 0 Å². The van der Waals surface area contributed by atoms with E-state index in [-0.39, 0.29) is 5.41 Å². The maximum Gasteiger partial charge on any atom is 0.0462 e. The van der Waals surface area contributed by atoms with Gasteiger partial charge in [-0.2, -0.15) is 0 Å². The molecule has 1 heteroatoms. The Morgan fingerprint density at radius 1 is 0.574 bits per heavy atom. The summed E-state index contributed by atoms with van der Waals surface area (Å²) in [4.78, 5) is 2.38. The third-order valence-corrected chi connectivity index (χ3v) is 12.1. The minimum absolute atomic E-state index is 0.230. The molecule has 1 unspecified atom stereocenters. The van der Waals surface area contributed by atoms with Gasteiger partial charge in [0.15, 0.2) is 0 Å². The SMILES string of the molecule is C=C1CCCC(CC)(c2ccc(-c3ccc(N(c4ccc(-c5ccc6ccccc6c5)cc4)c4ccc(-c5cccc6c5C=CCC6)cc4)cc3)cc2)C1. The Balaban J connectivity index is 1.05. The summed E-state index contributed by atoms with van der Waals surface area (Å²) in [7, 11) is 0. The van der Waals surface area contributed by atoms with Crippen molar-refractivity contribution in [3.05, 3.63) is 193 Å². The van der Waals surface area contributed by atoms with Crippen molar-refractivity contribution in [1.29, 1.82) is 0 Å². The van der Waals surface area contributed by atoms with Crippen LogP contribution in [0, 0.1) is 0 Å². The highest BCUT2D eigenvalue weighted by Gasteiger charge is 2.33. The van der Waals surface area contributed by atoms with E-state index in [1.54, 1.807) is 0 Å². The number of hydrogen-bond acceptors (Lipinski definition) is 1. The Morgan fingerprint density at radius 3 is 1.81 bits per heavy atom. The van der Waals surface area contributed by atoms with Crippen LogP contribution in [-0.2, 0) is 11.8 Å². The van der Waals surface area contributed by atoms with E-state index in [2.05, 4.69) is 188 Å². The topological polar surface area (TPSA) is 3.24 Å². The highest BCUT2D eigenvalue weighted by Crippen LogP contribution is 2.45. The molecule has 2 aliphatic carbocycles. The number of aryl methyl sites for hydroxylation is 1. The second kappa shape index (κ2) is 14.5. The first kappa shape index (κ1) is 33.9. The molecule has 1 atom stereocenters. The third kappa shape index (κ3) is 6.49. The van der Waals surface area contributed by atoms with Crippen molar-refractivity contribution >= 4 is 33.9 Å². The van der Waals surface area contributed by atoms with Crippen LogP contribution in [0.3, 0.4) is 0 Å². The van der Waals surface area contributed by atoms with Gasteiger partial charge in [0, 0.05) is 17.1 Å². The smallest absolute Gasteiger partial charge is 0.0462 e. The highest BCUT2D eigenvalue weighted by molar-refractivity contribution is 5.88. The van der Waals surface area contributed by atoms with Crippen molar-refractivity contribution in [2.75, 3.05) is 4.90 Å². The molecule has 0 radical (unpaired) electrons. The maximum atomic E-state index is 4.37. The van der Waals surface area contributed by atoms with Crippen molar-refractivity contribution in [3.63, 3.8) is 0 Å². The predicted molar refractivity (Wildman–Crippen MR) is 232 cm³/mol. The molecule has 1 fully saturated rings. The summed E-state index contributed by atoms with van der Waals surface area (Å²) in [5, 5.41) is 2.52. The van der Waals surface area contributed by atoms with E-state index in [4.69, 9.17) is 0 Å². The molecule has 7 aromatic carbocycles. The van der Waals surface area contributed by atoms with Crippen LogP contribution < -0.4 is 4.90 Å². The van der Waals surface area contributed by atoms with Gasteiger partial charge in [0.05, 0.1) is 0 Å². The lowest BCUT2D eigenvalue weighted by molar-refractivity contribution is 0.330.